The number of amides is 1. The van der Waals surface area contributed by atoms with Gasteiger partial charge in [0.05, 0.1) is 0 Å². The number of allylic oxidation sites excluding steroid dienone is 9. The van der Waals surface area contributed by atoms with E-state index in [-0.39, 0.29) is 11.3 Å². The highest BCUT2D eigenvalue weighted by Crippen LogP contribution is 2.40. The lowest BCUT2D eigenvalue weighted by atomic mass is 9.72. The van der Waals surface area contributed by atoms with Gasteiger partial charge in [0.15, 0.2) is 0 Å². The lowest BCUT2D eigenvalue weighted by Gasteiger charge is -2.32. The first kappa shape index (κ1) is 29.5. The molecule has 0 radical (unpaired) electrons. The number of anilines is 1. The van der Waals surface area contributed by atoms with Gasteiger partial charge in [0.1, 0.15) is 5.25 Å². The molecule has 0 heterocycles. The van der Waals surface area contributed by atoms with Crippen LogP contribution in [0, 0.1) is 5.41 Å². The molecule has 0 bridgehead atoms. The summed E-state index contributed by atoms with van der Waals surface area (Å²) in [6, 6.07) is 6.52. The maximum absolute atomic E-state index is 12.4. The lowest BCUT2D eigenvalue weighted by Crippen LogP contribution is -2.19. The Labute approximate surface area is 217 Å². The number of nitrogens with one attached hydrogen (secondary N) is 1. The Morgan fingerprint density at radius 2 is 1.81 bits per heavy atom. The molecule has 1 unspecified atom stereocenters. The van der Waals surface area contributed by atoms with E-state index in [0.717, 1.165) is 11.1 Å². The number of hydrogen-bond acceptors (Lipinski definition) is 3. The molecule has 1 aromatic carbocycles. The molecule has 2 N–H and O–H groups in total. The van der Waals surface area contributed by atoms with Crippen LogP contribution in [-0.2, 0) is 14.9 Å². The molecular weight excluding hydrogens is 470 g/mol. The monoisotopic (exact) mass is 511 g/mol. The molecule has 2 rings (SSSR count). The highest BCUT2D eigenvalue weighted by Gasteiger charge is 2.26. The molecule has 0 aromatic heterocycles. The number of carbonyl (C=O) groups is 1. The summed E-state index contributed by atoms with van der Waals surface area (Å²) in [7, 11) is -4.18. The maximum Gasteiger partial charge on any atom is 0.271 e. The van der Waals surface area contributed by atoms with Gasteiger partial charge in [0.2, 0.25) is 5.91 Å². The van der Waals surface area contributed by atoms with E-state index < -0.39 is 15.4 Å². The van der Waals surface area contributed by atoms with Crippen LogP contribution in [0.3, 0.4) is 0 Å². The number of carbonyl (C=O) groups excluding carboxylic acids is 1. The summed E-state index contributed by atoms with van der Waals surface area (Å²) in [6.45, 7) is 12.6. The van der Waals surface area contributed by atoms with Gasteiger partial charge in [-0.15, -0.1) is 0 Å². The van der Waals surface area contributed by atoms with Crippen molar-refractivity contribution in [2.75, 3.05) is 5.32 Å². The second-order valence-corrected chi connectivity index (χ2v) is 11.9. The summed E-state index contributed by atoms with van der Waals surface area (Å²) in [5.41, 5.74) is 6.13. The number of benzene rings is 1. The average molecular weight is 512 g/mol. The topological polar surface area (TPSA) is 83.5 Å². The van der Waals surface area contributed by atoms with Crippen LogP contribution in [0.2, 0.25) is 0 Å². The minimum absolute atomic E-state index is 0.218. The smallest absolute Gasteiger partial charge is 0.271 e. The van der Waals surface area contributed by atoms with Crippen LogP contribution in [0.4, 0.5) is 5.69 Å². The summed E-state index contributed by atoms with van der Waals surface area (Å²) >= 11 is 0. The zero-order valence-corrected chi connectivity index (χ0v) is 23.3. The van der Waals surface area contributed by atoms with Crippen molar-refractivity contribution in [1.29, 1.82) is 0 Å². The van der Waals surface area contributed by atoms with Crippen molar-refractivity contribution in [2.24, 2.45) is 5.41 Å². The minimum atomic E-state index is -4.18. The Morgan fingerprint density at radius 1 is 1.14 bits per heavy atom. The fourth-order valence-corrected chi connectivity index (χ4v) is 5.63. The fourth-order valence-electron chi connectivity index (χ4n) is 4.60. The molecule has 0 aliphatic heterocycles. The molecule has 0 saturated heterocycles. The minimum Gasteiger partial charge on any atom is -0.323 e. The van der Waals surface area contributed by atoms with Crippen molar-refractivity contribution in [3.05, 3.63) is 88.6 Å². The lowest BCUT2D eigenvalue weighted by molar-refractivity contribution is -0.111. The van der Waals surface area contributed by atoms with E-state index in [4.69, 9.17) is 0 Å². The molecular formula is C30H41NO4S. The molecule has 36 heavy (non-hydrogen) atoms. The Bertz CT molecular complexity index is 1180. The molecule has 0 fully saturated rings. The van der Waals surface area contributed by atoms with Crippen LogP contribution < -0.4 is 5.32 Å². The highest BCUT2D eigenvalue weighted by atomic mass is 32.2. The molecule has 1 aromatic rings. The third-order valence-electron chi connectivity index (χ3n) is 6.59. The third-order valence-corrected chi connectivity index (χ3v) is 7.82. The molecule has 6 heteroatoms. The number of hydrogen-bond donors (Lipinski definition) is 2. The molecule has 1 amide bonds. The van der Waals surface area contributed by atoms with Crippen LogP contribution in [-0.4, -0.2) is 18.9 Å². The van der Waals surface area contributed by atoms with Gasteiger partial charge >= 0.3 is 0 Å². The predicted molar refractivity (Wildman–Crippen MR) is 150 cm³/mol. The summed E-state index contributed by atoms with van der Waals surface area (Å²) < 4.78 is 32.8. The quantitative estimate of drug-likeness (QED) is 0.190. The highest BCUT2D eigenvalue weighted by molar-refractivity contribution is 7.86. The second kappa shape index (κ2) is 13.0. The van der Waals surface area contributed by atoms with Gasteiger partial charge in [0, 0.05) is 11.8 Å². The van der Waals surface area contributed by atoms with Crippen molar-refractivity contribution >= 4 is 21.7 Å². The van der Waals surface area contributed by atoms with E-state index in [9.17, 15) is 17.8 Å². The van der Waals surface area contributed by atoms with Gasteiger partial charge in [0.25, 0.3) is 10.1 Å². The van der Waals surface area contributed by atoms with Crippen LogP contribution in [0.5, 0.6) is 0 Å². The van der Waals surface area contributed by atoms with Gasteiger partial charge in [-0.3, -0.25) is 9.35 Å². The van der Waals surface area contributed by atoms with Crippen LogP contribution >= 0.6 is 0 Å². The van der Waals surface area contributed by atoms with E-state index in [0.29, 0.717) is 24.1 Å². The fraction of sp³-hybridized carbons (Fsp3) is 0.433. The predicted octanol–water partition coefficient (Wildman–Crippen LogP) is 7.89. The van der Waals surface area contributed by atoms with E-state index in [1.165, 1.54) is 36.5 Å². The summed E-state index contributed by atoms with van der Waals surface area (Å²) in [6.07, 6.45) is 16.4. The van der Waals surface area contributed by atoms with Crippen molar-refractivity contribution < 1.29 is 17.8 Å². The van der Waals surface area contributed by atoms with Crippen LogP contribution in [0.25, 0.3) is 0 Å². The normalized spacial score (nSPS) is 18.2. The zero-order valence-electron chi connectivity index (χ0n) is 22.5. The van der Waals surface area contributed by atoms with Crippen molar-refractivity contribution in [3.63, 3.8) is 0 Å². The van der Waals surface area contributed by atoms with E-state index >= 15 is 0 Å². The molecule has 0 spiro atoms. The van der Waals surface area contributed by atoms with E-state index in [1.807, 2.05) is 32.1 Å². The molecule has 196 valence electrons. The SMILES string of the molecule is CCCC(c1ccc(NC(=O)C=C(C)C=CC=C(C)C=CC2=C(C)CCCC2(C)C)cc1)S(=O)(=O)O. The average Bonchev–Trinajstić information content (AvgIpc) is 2.76. The van der Waals surface area contributed by atoms with Gasteiger partial charge in [-0.05, 0) is 80.7 Å². The van der Waals surface area contributed by atoms with Crippen LogP contribution in [0.1, 0.15) is 84.5 Å². The first-order valence-corrected chi connectivity index (χ1v) is 14.1. The Hall–Kier alpha value is -2.70. The van der Waals surface area contributed by atoms with E-state index in [2.05, 4.69) is 45.2 Å². The molecule has 1 aliphatic rings. The molecule has 1 aliphatic carbocycles. The molecule has 0 saturated carbocycles. The molecule has 5 nitrogen and oxygen atoms in total. The standard InChI is InChI=1S/C30H41NO4S/c1-7-10-28(36(33,34)35)25-15-17-26(18-16-25)31-29(32)21-23(3)12-8-11-22(2)14-19-27-24(4)13-9-20-30(27,5)6/h8,11-12,14-19,21,28H,7,9-10,13,20H2,1-6H3,(H,31,32)(H,33,34,35). The van der Waals surface area contributed by atoms with Crippen LogP contribution in [0.15, 0.2) is 83.0 Å². The van der Waals surface area contributed by atoms with Gasteiger partial charge in [-0.1, -0.05) is 80.9 Å². The zero-order chi connectivity index (χ0) is 26.9. The Balaban J connectivity index is 1.99. The maximum atomic E-state index is 12.4. The first-order chi connectivity index (χ1) is 16.8. The Morgan fingerprint density at radius 3 is 2.39 bits per heavy atom. The second-order valence-electron chi connectivity index (χ2n) is 10.3. The summed E-state index contributed by atoms with van der Waals surface area (Å²) in [4.78, 5) is 12.4. The summed E-state index contributed by atoms with van der Waals surface area (Å²) in [5, 5.41) is 1.83. The van der Waals surface area contributed by atoms with E-state index in [1.54, 1.807) is 24.3 Å². The Kier molecular flexibility index (Phi) is 10.7. The first-order valence-electron chi connectivity index (χ1n) is 12.6. The third kappa shape index (κ3) is 9.07. The van der Waals surface area contributed by atoms with Gasteiger partial charge < -0.3 is 5.32 Å². The van der Waals surface area contributed by atoms with Gasteiger partial charge in [-0.2, -0.15) is 8.42 Å². The van der Waals surface area contributed by atoms with Crippen molar-refractivity contribution in [3.8, 4) is 0 Å². The largest absolute Gasteiger partial charge is 0.323 e. The van der Waals surface area contributed by atoms with Gasteiger partial charge in [-0.25, -0.2) is 0 Å². The number of rotatable bonds is 10. The molecule has 1 atom stereocenters. The van der Waals surface area contributed by atoms with Crippen molar-refractivity contribution in [1.82, 2.24) is 0 Å². The van der Waals surface area contributed by atoms with Crippen molar-refractivity contribution in [2.45, 2.75) is 78.9 Å². The summed E-state index contributed by atoms with van der Waals surface area (Å²) in [5.74, 6) is -0.271.